The molecular formula is C14H10N2O5. The zero-order valence-corrected chi connectivity index (χ0v) is 10.6. The number of carbonyl (C=O) groups is 1. The van der Waals surface area contributed by atoms with Crippen LogP contribution in [0.1, 0.15) is 10.5 Å². The first-order valence-corrected chi connectivity index (χ1v) is 6.00. The maximum absolute atomic E-state index is 11.9. The van der Waals surface area contributed by atoms with Crippen LogP contribution in [0.15, 0.2) is 45.7 Å². The maximum Gasteiger partial charge on any atom is 0.364 e. The fraction of sp³-hybridized carbons (Fsp3) is 0. The summed E-state index contributed by atoms with van der Waals surface area (Å²) in [6.45, 7) is 0. The van der Waals surface area contributed by atoms with Gasteiger partial charge >= 0.3 is 5.63 Å². The van der Waals surface area contributed by atoms with Crippen molar-refractivity contribution in [2.45, 2.75) is 0 Å². The summed E-state index contributed by atoms with van der Waals surface area (Å²) in [6.07, 6.45) is 1.56. The molecule has 0 aliphatic heterocycles. The van der Waals surface area contributed by atoms with E-state index in [9.17, 15) is 19.8 Å². The van der Waals surface area contributed by atoms with Crippen LogP contribution in [0.25, 0.3) is 11.0 Å². The van der Waals surface area contributed by atoms with Crippen LogP contribution in [0, 0.1) is 0 Å². The Morgan fingerprint density at radius 3 is 2.76 bits per heavy atom. The fourth-order valence-corrected chi connectivity index (χ4v) is 1.94. The number of aromatic nitrogens is 1. The van der Waals surface area contributed by atoms with Crippen LogP contribution in [0.4, 0.5) is 5.69 Å². The van der Waals surface area contributed by atoms with E-state index >= 15 is 0 Å². The minimum absolute atomic E-state index is 0.0235. The molecule has 21 heavy (non-hydrogen) atoms. The molecule has 0 radical (unpaired) electrons. The Morgan fingerprint density at radius 1 is 1.24 bits per heavy atom. The Labute approximate surface area is 117 Å². The summed E-state index contributed by atoms with van der Waals surface area (Å²) in [6, 6.07) is 7.06. The van der Waals surface area contributed by atoms with Gasteiger partial charge in [-0.3, -0.25) is 4.79 Å². The number of amides is 1. The molecule has 0 aliphatic carbocycles. The number of anilines is 1. The normalized spacial score (nSPS) is 10.7. The Hall–Kier alpha value is -3.22. The Kier molecular flexibility index (Phi) is 2.87. The lowest BCUT2D eigenvalue weighted by atomic mass is 10.2. The number of phenols is 1. The van der Waals surface area contributed by atoms with Crippen LogP contribution in [-0.2, 0) is 0 Å². The van der Waals surface area contributed by atoms with E-state index in [1.807, 2.05) is 0 Å². The molecule has 2 heterocycles. The summed E-state index contributed by atoms with van der Waals surface area (Å²) in [5.41, 5.74) is -1.01. The summed E-state index contributed by atoms with van der Waals surface area (Å²) in [5.74, 6) is -1.10. The molecule has 0 saturated heterocycles. The van der Waals surface area contributed by atoms with Crippen LogP contribution >= 0.6 is 0 Å². The Balaban J connectivity index is 2.09. The summed E-state index contributed by atoms with van der Waals surface area (Å²) in [4.78, 5) is 26.4. The van der Waals surface area contributed by atoms with E-state index < -0.39 is 17.3 Å². The average Bonchev–Trinajstić information content (AvgIpc) is 2.97. The highest BCUT2D eigenvalue weighted by Gasteiger charge is 2.17. The second-order valence-electron chi connectivity index (χ2n) is 4.33. The number of hydrogen-bond acceptors (Lipinski definition) is 5. The van der Waals surface area contributed by atoms with Gasteiger partial charge in [-0.2, -0.15) is 0 Å². The lowest BCUT2D eigenvalue weighted by molar-refractivity contribution is 0.102. The molecule has 0 atom stereocenters. The molecule has 7 heteroatoms. The number of carbonyl (C=O) groups excluding carboxylic acids is 1. The van der Waals surface area contributed by atoms with Gasteiger partial charge in [-0.15, -0.1) is 0 Å². The molecule has 0 spiro atoms. The largest absolute Gasteiger partial charge is 0.508 e. The van der Waals surface area contributed by atoms with Crippen LogP contribution < -0.4 is 10.9 Å². The number of hydrogen-bond donors (Lipinski definition) is 4. The Bertz CT molecular complexity index is 880. The fourth-order valence-electron chi connectivity index (χ4n) is 1.94. The van der Waals surface area contributed by atoms with E-state index in [1.165, 1.54) is 24.3 Å². The number of aromatic amines is 1. The summed E-state index contributed by atoms with van der Waals surface area (Å²) in [7, 11) is 0. The molecule has 7 nitrogen and oxygen atoms in total. The van der Waals surface area contributed by atoms with E-state index in [2.05, 4.69) is 10.3 Å². The third-order valence-corrected chi connectivity index (χ3v) is 2.95. The topological polar surface area (TPSA) is 116 Å². The number of nitrogens with one attached hydrogen (secondary N) is 2. The van der Waals surface area contributed by atoms with Gasteiger partial charge < -0.3 is 24.9 Å². The molecule has 0 saturated carbocycles. The smallest absolute Gasteiger partial charge is 0.364 e. The number of benzene rings is 1. The second-order valence-corrected chi connectivity index (χ2v) is 4.33. The van der Waals surface area contributed by atoms with Crippen molar-refractivity contribution in [2.75, 3.05) is 5.32 Å². The van der Waals surface area contributed by atoms with Gasteiger partial charge in [0.05, 0.1) is 5.39 Å². The average molecular weight is 286 g/mol. The van der Waals surface area contributed by atoms with Gasteiger partial charge in [0.25, 0.3) is 5.91 Å². The summed E-state index contributed by atoms with van der Waals surface area (Å²) >= 11 is 0. The molecule has 1 amide bonds. The SMILES string of the molecule is O=C(Nc1c(O)c2ccc(O)cc2oc1=O)c1ccc[nH]1. The maximum atomic E-state index is 11.9. The highest BCUT2D eigenvalue weighted by Crippen LogP contribution is 2.31. The minimum Gasteiger partial charge on any atom is -0.508 e. The van der Waals surface area contributed by atoms with Gasteiger partial charge in [0.1, 0.15) is 17.0 Å². The van der Waals surface area contributed by atoms with Crippen molar-refractivity contribution in [3.05, 3.63) is 52.6 Å². The van der Waals surface area contributed by atoms with Crippen molar-refractivity contribution >= 4 is 22.6 Å². The van der Waals surface area contributed by atoms with Crippen LogP contribution in [0.2, 0.25) is 0 Å². The number of fused-ring (bicyclic) bond motifs is 1. The third-order valence-electron chi connectivity index (χ3n) is 2.95. The molecule has 0 unspecified atom stereocenters. The van der Waals surface area contributed by atoms with E-state index in [0.717, 1.165) is 0 Å². The number of H-pyrrole nitrogens is 1. The summed E-state index contributed by atoms with van der Waals surface area (Å²) in [5, 5.41) is 21.9. The van der Waals surface area contributed by atoms with Crippen molar-refractivity contribution in [1.29, 1.82) is 0 Å². The van der Waals surface area contributed by atoms with Gasteiger partial charge in [0.15, 0.2) is 11.4 Å². The van der Waals surface area contributed by atoms with Gasteiger partial charge in [0.2, 0.25) is 0 Å². The highest BCUT2D eigenvalue weighted by molar-refractivity contribution is 6.05. The zero-order valence-electron chi connectivity index (χ0n) is 10.6. The van der Waals surface area contributed by atoms with Crippen molar-refractivity contribution in [1.82, 2.24) is 4.98 Å². The first kappa shape index (κ1) is 12.8. The first-order chi connectivity index (χ1) is 10.1. The number of aromatic hydroxyl groups is 2. The molecule has 3 aromatic rings. The lowest BCUT2D eigenvalue weighted by Crippen LogP contribution is -2.18. The third kappa shape index (κ3) is 2.20. The monoisotopic (exact) mass is 286 g/mol. The number of phenolic OH excluding ortho intramolecular Hbond substituents is 1. The first-order valence-electron chi connectivity index (χ1n) is 6.00. The van der Waals surface area contributed by atoms with Crippen molar-refractivity contribution in [3.63, 3.8) is 0 Å². The molecule has 1 aromatic carbocycles. The van der Waals surface area contributed by atoms with Gasteiger partial charge in [0, 0.05) is 12.3 Å². The standard InChI is InChI=1S/C14H10N2O5/c17-7-3-4-8-10(6-7)21-14(20)11(12(8)18)16-13(19)9-2-1-5-15-9/h1-6,15,17-18H,(H,16,19). The van der Waals surface area contributed by atoms with Crippen molar-refractivity contribution < 1.29 is 19.4 Å². The lowest BCUT2D eigenvalue weighted by Gasteiger charge is -2.07. The van der Waals surface area contributed by atoms with E-state index in [1.54, 1.807) is 12.3 Å². The van der Waals surface area contributed by atoms with Gasteiger partial charge in [-0.25, -0.2) is 4.79 Å². The minimum atomic E-state index is -0.912. The second kappa shape index (κ2) is 4.71. The van der Waals surface area contributed by atoms with Crippen LogP contribution in [-0.4, -0.2) is 21.1 Å². The van der Waals surface area contributed by atoms with Gasteiger partial charge in [-0.1, -0.05) is 0 Å². The predicted molar refractivity (Wildman–Crippen MR) is 74.6 cm³/mol. The van der Waals surface area contributed by atoms with Gasteiger partial charge in [-0.05, 0) is 24.3 Å². The van der Waals surface area contributed by atoms with E-state index in [-0.39, 0.29) is 28.1 Å². The Morgan fingerprint density at radius 2 is 2.05 bits per heavy atom. The molecule has 106 valence electrons. The van der Waals surface area contributed by atoms with E-state index in [0.29, 0.717) is 0 Å². The summed E-state index contributed by atoms with van der Waals surface area (Å²) < 4.78 is 4.97. The molecule has 2 aromatic heterocycles. The van der Waals surface area contributed by atoms with Crippen LogP contribution in [0.3, 0.4) is 0 Å². The molecule has 3 rings (SSSR count). The highest BCUT2D eigenvalue weighted by atomic mass is 16.4. The van der Waals surface area contributed by atoms with Crippen molar-refractivity contribution in [3.8, 4) is 11.5 Å². The molecule has 0 fully saturated rings. The quantitative estimate of drug-likeness (QED) is 0.536. The molecule has 4 N–H and O–H groups in total. The predicted octanol–water partition coefficient (Wildman–Crippen LogP) is 1.78. The van der Waals surface area contributed by atoms with Crippen LogP contribution in [0.5, 0.6) is 11.5 Å². The molecular weight excluding hydrogens is 276 g/mol. The molecule has 0 bridgehead atoms. The molecule has 0 aliphatic rings. The number of rotatable bonds is 2. The zero-order chi connectivity index (χ0) is 15.0. The van der Waals surface area contributed by atoms with E-state index in [4.69, 9.17) is 4.42 Å². The van der Waals surface area contributed by atoms with Crippen molar-refractivity contribution in [2.24, 2.45) is 0 Å².